The highest BCUT2D eigenvalue weighted by molar-refractivity contribution is 5.81. The van der Waals surface area contributed by atoms with Crippen molar-refractivity contribution in [1.29, 1.82) is 0 Å². The van der Waals surface area contributed by atoms with Gasteiger partial charge < -0.3 is 10.0 Å². The third kappa shape index (κ3) is 4.38. The summed E-state index contributed by atoms with van der Waals surface area (Å²) < 4.78 is 36.1. The molecule has 0 bridgehead atoms. The fourth-order valence-corrected chi connectivity index (χ4v) is 2.80. The maximum absolute atomic E-state index is 12.0. The quantitative estimate of drug-likeness (QED) is 0.793. The lowest BCUT2D eigenvalue weighted by Gasteiger charge is -2.40. The number of carboxylic acids is 1. The number of carbonyl (C=O) groups is 2. The fraction of sp³-hybridized carbons (Fsp3) is 0.846. The second-order valence-corrected chi connectivity index (χ2v) is 5.45. The Hall–Kier alpha value is -1.27. The molecule has 1 saturated heterocycles. The van der Waals surface area contributed by atoms with Gasteiger partial charge in [-0.2, -0.15) is 13.2 Å². The molecule has 1 aliphatic rings. The van der Waals surface area contributed by atoms with Crippen molar-refractivity contribution in [3.63, 3.8) is 0 Å². The van der Waals surface area contributed by atoms with Crippen LogP contribution in [0.2, 0.25) is 0 Å². The van der Waals surface area contributed by atoms with Crippen LogP contribution in [0.4, 0.5) is 13.2 Å². The smallest absolute Gasteiger partial charge is 0.389 e. The van der Waals surface area contributed by atoms with E-state index in [0.717, 1.165) is 0 Å². The van der Waals surface area contributed by atoms with Crippen LogP contribution in [0.25, 0.3) is 0 Å². The van der Waals surface area contributed by atoms with E-state index in [1.807, 2.05) is 0 Å². The highest BCUT2D eigenvalue weighted by atomic mass is 19.4. The van der Waals surface area contributed by atoms with Gasteiger partial charge in [0, 0.05) is 25.4 Å². The molecule has 0 radical (unpaired) electrons. The van der Waals surface area contributed by atoms with Crippen LogP contribution in [-0.4, -0.2) is 40.6 Å². The molecule has 1 amide bonds. The van der Waals surface area contributed by atoms with Gasteiger partial charge in [-0.3, -0.25) is 9.59 Å². The average molecular weight is 295 g/mol. The summed E-state index contributed by atoms with van der Waals surface area (Å²) in [7, 11) is 0. The Morgan fingerprint density at radius 2 is 1.95 bits per heavy atom. The van der Waals surface area contributed by atoms with Gasteiger partial charge in [0.05, 0.1) is 5.92 Å². The van der Waals surface area contributed by atoms with E-state index in [1.54, 1.807) is 13.8 Å². The minimum atomic E-state index is -4.18. The van der Waals surface area contributed by atoms with Crippen molar-refractivity contribution < 1.29 is 27.9 Å². The molecule has 3 atom stereocenters. The maximum atomic E-state index is 12.0. The van der Waals surface area contributed by atoms with E-state index in [9.17, 15) is 27.9 Å². The van der Waals surface area contributed by atoms with Crippen LogP contribution in [0, 0.1) is 11.8 Å². The van der Waals surface area contributed by atoms with Gasteiger partial charge in [-0.05, 0) is 25.7 Å². The second kappa shape index (κ2) is 6.45. The third-order valence-corrected chi connectivity index (χ3v) is 3.84. The van der Waals surface area contributed by atoms with E-state index >= 15 is 0 Å². The van der Waals surface area contributed by atoms with Crippen molar-refractivity contribution >= 4 is 11.9 Å². The molecule has 20 heavy (non-hydrogen) atoms. The molecule has 0 aromatic carbocycles. The van der Waals surface area contributed by atoms with E-state index in [-0.39, 0.29) is 37.6 Å². The normalized spacial score (nSPS) is 27.8. The number of carboxylic acid groups (broad SMARTS) is 1. The van der Waals surface area contributed by atoms with Crippen molar-refractivity contribution in [1.82, 2.24) is 4.90 Å². The number of halogens is 3. The molecule has 1 aliphatic heterocycles. The SMILES string of the molecule is CC1CC(=O)N(CCCCC(F)(F)F)C(C)C1C(=O)O. The predicted molar refractivity (Wildman–Crippen MR) is 66.0 cm³/mol. The lowest BCUT2D eigenvalue weighted by Crippen LogP contribution is -2.52. The van der Waals surface area contributed by atoms with E-state index in [2.05, 4.69) is 0 Å². The predicted octanol–water partition coefficient (Wildman–Crippen LogP) is 2.68. The first-order valence-corrected chi connectivity index (χ1v) is 6.72. The van der Waals surface area contributed by atoms with E-state index in [4.69, 9.17) is 0 Å². The second-order valence-electron chi connectivity index (χ2n) is 5.45. The Morgan fingerprint density at radius 3 is 2.45 bits per heavy atom. The molecule has 1 rings (SSSR count). The Kier molecular flexibility index (Phi) is 5.42. The first-order chi connectivity index (χ1) is 9.13. The number of alkyl halides is 3. The summed E-state index contributed by atoms with van der Waals surface area (Å²) in [6, 6.07) is -0.477. The van der Waals surface area contributed by atoms with Crippen molar-refractivity contribution in [3.05, 3.63) is 0 Å². The van der Waals surface area contributed by atoms with Gasteiger partial charge in [-0.1, -0.05) is 6.92 Å². The van der Waals surface area contributed by atoms with Crippen LogP contribution in [-0.2, 0) is 9.59 Å². The molecule has 1 N–H and O–H groups in total. The summed E-state index contributed by atoms with van der Waals surface area (Å²) in [5, 5.41) is 9.17. The molecule has 0 aliphatic carbocycles. The van der Waals surface area contributed by atoms with Crippen molar-refractivity contribution in [2.24, 2.45) is 11.8 Å². The maximum Gasteiger partial charge on any atom is 0.389 e. The number of likely N-dealkylation sites (tertiary alicyclic amines) is 1. The van der Waals surface area contributed by atoms with Crippen LogP contribution in [0.5, 0.6) is 0 Å². The number of amides is 1. The van der Waals surface area contributed by atoms with E-state index < -0.39 is 30.5 Å². The summed E-state index contributed by atoms with van der Waals surface area (Å²) in [6.45, 7) is 3.55. The first kappa shape index (κ1) is 16.8. The molecule has 7 heteroatoms. The average Bonchev–Trinajstić information content (AvgIpc) is 2.24. The Morgan fingerprint density at radius 1 is 1.35 bits per heavy atom. The van der Waals surface area contributed by atoms with Crippen LogP contribution in [0.3, 0.4) is 0 Å². The molecule has 1 heterocycles. The standard InChI is InChI=1S/C13H20F3NO3/c1-8-7-10(18)17(9(2)11(8)12(19)20)6-4-3-5-13(14,15)16/h8-9,11H,3-7H2,1-2H3,(H,19,20). The van der Waals surface area contributed by atoms with Crippen LogP contribution >= 0.6 is 0 Å². The first-order valence-electron chi connectivity index (χ1n) is 6.72. The molecule has 0 aromatic rings. The van der Waals surface area contributed by atoms with Crippen LogP contribution < -0.4 is 0 Å². The Labute approximate surface area is 115 Å². The number of hydrogen-bond donors (Lipinski definition) is 1. The summed E-state index contributed by atoms with van der Waals surface area (Å²) in [5.74, 6) is -2.04. The van der Waals surface area contributed by atoms with E-state index in [0.29, 0.717) is 0 Å². The number of unbranched alkanes of at least 4 members (excludes halogenated alkanes) is 1. The summed E-state index contributed by atoms with van der Waals surface area (Å²) in [5.41, 5.74) is 0. The van der Waals surface area contributed by atoms with Crippen molar-refractivity contribution in [3.8, 4) is 0 Å². The number of rotatable bonds is 5. The Balaban J connectivity index is 2.55. The van der Waals surface area contributed by atoms with Crippen molar-refractivity contribution in [2.45, 2.75) is 51.7 Å². The molecular formula is C13H20F3NO3. The van der Waals surface area contributed by atoms with Gasteiger partial charge in [0.25, 0.3) is 0 Å². The summed E-state index contributed by atoms with van der Waals surface area (Å²) in [4.78, 5) is 24.5. The van der Waals surface area contributed by atoms with Crippen LogP contribution in [0.1, 0.15) is 39.5 Å². The fourth-order valence-electron chi connectivity index (χ4n) is 2.80. The molecule has 0 aromatic heterocycles. The van der Waals surface area contributed by atoms with Gasteiger partial charge in [0.15, 0.2) is 0 Å². The molecule has 0 saturated carbocycles. The highest BCUT2D eigenvalue weighted by Crippen LogP contribution is 2.30. The molecule has 4 nitrogen and oxygen atoms in total. The Bertz CT molecular complexity index is 370. The minimum absolute atomic E-state index is 0.0483. The zero-order valence-electron chi connectivity index (χ0n) is 11.6. The van der Waals surface area contributed by atoms with Gasteiger partial charge in [0.1, 0.15) is 0 Å². The van der Waals surface area contributed by atoms with Gasteiger partial charge in [-0.25, -0.2) is 0 Å². The van der Waals surface area contributed by atoms with Gasteiger partial charge in [0.2, 0.25) is 5.91 Å². The molecule has 1 fully saturated rings. The molecular weight excluding hydrogens is 275 g/mol. The topological polar surface area (TPSA) is 57.6 Å². The number of carbonyl (C=O) groups excluding carboxylic acids is 1. The summed E-state index contributed by atoms with van der Waals surface area (Å²) >= 11 is 0. The lowest BCUT2D eigenvalue weighted by molar-refractivity contribution is -0.154. The zero-order valence-corrected chi connectivity index (χ0v) is 11.6. The van der Waals surface area contributed by atoms with E-state index in [1.165, 1.54) is 4.90 Å². The molecule has 116 valence electrons. The number of nitrogens with zero attached hydrogens (tertiary/aromatic N) is 1. The summed E-state index contributed by atoms with van der Waals surface area (Å²) in [6.07, 6.45) is -4.73. The number of hydrogen-bond acceptors (Lipinski definition) is 2. The highest BCUT2D eigenvalue weighted by Gasteiger charge is 2.41. The lowest BCUT2D eigenvalue weighted by atomic mass is 9.81. The van der Waals surface area contributed by atoms with Crippen molar-refractivity contribution in [2.75, 3.05) is 6.54 Å². The third-order valence-electron chi connectivity index (χ3n) is 3.84. The van der Waals surface area contributed by atoms with Crippen LogP contribution in [0.15, 0.2) is 0 Å². The number of piperidine rings is 1. The van der Waals surface area contributed by atoms with Gasteiger partial charge >= 0.3 is 12.1 Å². The zero-order chi connectivity index (χ0) is 15.5. The minimum Gasteiger partial charge on any atom is -0.481 e. The molecule has 3 unspecified atom stereocenters. The molecule has 0 spiro atoms. The van der Waals surface area contributed by atoms with Gasteiger partial charge in [-0.15, -0.1) is 0 Å². The number of aliphatic carboxylic acids is 1. The monoisotopic (exact) mass is 295 g/mol. The largest absolute Gasteiger partial charge is 0.481 e.